The van der Waals surface area contributed by atoms with Crippen molar-refractivity contribution in [1.29, 1.82) is 0 Å². The highest BCUT2D eigenvalue weighted by atomic mass is 16.5. The first-order valence-electron chi connectivity index (χ1n) is 9.90. The van der Waals surface area contributed by atoms with Crippen LogP contribution in [0.4, 0.5) is 5.69 Å². The molecule has 0 bridgehead atoms. The predicted octanol–water partition coefficient (Wildman–Crippen LogP) is 3.81. The van der Waals surface area contributed by atoms with Crippen LogP contribution in [0.5, 0.6) is 5.75 Å². The zero-order valence-electron chi connectivity index (χ0n) is 17.0. The highest BCUT2D eigenvalue weighted by Crippen LogP contribution is 2.24. The molecule has 29 heavy (non-hydrogen) atoms. The lowest BCUT2D eigenvalue weighted by Gasteiger charge is -2.26. The summed E-state index contributed by atoms with van der Waals surface area (Å²) in [7, 11) is 1.98. The van der Waals surface area contributed by atoms with E-state index in [0.29, 0.717) is 24.6 Å². The Balaban J connectivity index is 1.60. The summed E-state index contributed by atoms with van der Waals surface area (Å²) >= 11 is 0. The van der Waals surface area contributed by atoms with Crippen LogP contribution in [0, 0.1) is 0 Å². The molecule has 6 heteroatoms. The van der Waals surface area contributed by atoms with Gasteiger partial charge in [-0.15, -0.1) is 0 Å². The number of nitrogens with one attached hydrogen (secondary N) is 1. The van der Waals surface area contributed by atoms with Crippen molar-refractivity contribution in [2.75, 3.05) is 19.0 Å². The number of likely N-dealkylation sites (N-methyl/N-ethyl adjacent to an activating group) is 1. The van der Waals surface area contributed by atoms with Crippen molar-refractivity contribution in [3.8, 4) is 5.75 Å². The van der Waals surface area contributed by atoms with Gasteiger partial charge in [0.1, 0.15) is 12.4 Å². The van der Waals surface area contributed by atoms with E-state index in [1.54, 1.807) is 12.5 Å². The maximum absolute atomic E-state index is 13.0. The molecular weight excluding hydrogens is 364 g/mol. The second-order valence-electron chi connectivity index (χ2n) is 6.96. The molecule has 3 aromatic rings. The molecule has 1 aromatic heterocycles. The molecule has 152 valence electrons. The first kappa shape index (κ1) is 20.6. The number of aromatic nitrogens is 2. The van der Waals surface area contributed by atoms with E-state index in [4.69, 9.17) is 4.74 Å². The van der Waals surface area contributed by atoms with Gasteiger partial charge in [-0.3, -0.25) is 9.69 Å². The number of hydrogen-bond donors (Lipinski definition) is 1. The highest BCUT2D eigenvalue weighted by Gasteiger charge is 2.22. The van der Waals surface area contributed by atoms with Crippen LogP contribution >= 0.6 is 0 Å². The number of imidazole rings is 1. The van der Waals surface area contributed by atoms with Gasteiger partial charge in [-0.1, -0.05) is 49.4 Å². The molecule has 0 aliphatic heterocycles. The molecule has 3 rings (SSSR count). The predicted molar refractivity (Wildman–Crippen MR) is 115 cm³/mol. The number of benzene rings is 2. The molecule has 0 spiro atoms. The van der Waals surface area contributed by atoms with Crippen molar-refractivity contribution < 1.29 is 9.53 Å². The van der Waals surface area contributed by atoms with E-state index >= 15 is 0 Å². The van der Waals surface area contributed by atoms with Gasteiger partial charge in [-0.25, -0.2) is 4.98 Å². The fraction of sp³-hybridized carbons (Fsp3) is 0.304. The minimum Gasteiger partial charge on any atom is -0.490 e. The second-order valence-corrected chi connectivity index (χ2v) is 6.96. The number of hydrogen-bond acceptors (Lipinski definition) is 4. The lowest BCUT2D eigenvalue weighted by atomic mass is 10.1. The van der Waals surface area contributed by atoms with Gasteiger partial charge < -0.3 is 14.6 Å². The van der Waals surface area contributed by atoms with Crippen LogP contribution in [-0.4, -0.2) is 40.1 Å². The Bertz CT molecular complexity index is 881. The quantitative estimate of drug-likeness (QED) is 0.570. The zero-order chi connectivity index (χ0) is 20.5. The van der Waals surface area contributed by atoms with E-state index in [0.717, 1.165) is 13.0 Å². The van der Waals surface area contributed by atoms with Gasteiger partial charge >= 0.3 is 0 Å². The van der Waals surface area contributed by atoms with Gasteiger partial charge in [-0.2, -0.15) is 0 Å². The van der Waals surface area contributed by atoms with E-state index in [2.05, 4.69) is 27.3 Å². The molecule has 0 fully saturated rings. The Morgan fingerprint density at radius 2 is 1.93 bits per heavy atom. The first-order chi connectivity index (χ1) is 14.2. The van der Waals surface area contributed by atoms with Crippen LogP contribution in [0.1, 0.15) is 18.9 Å². The summed E-state index contributed by atoms with van der Waals surface area (Å²) in [5.74, 6) is 0.637. The number of rotatable bonds is 10. The van der Waals surface area contributed by atoms with E-state index in [9.17, 15) is 4.79 Å². The molecule has 0 radical (unpaired) electrons. The summed E-state index contributed by atoms with van der Waals surface area (Å²) in [4.78, 5) is 19.1. The van der Waals surface area contributed by atoms with E-state index in [-0.39, 0.29) is 11.9 Å². The van der Waals surface area contributed by atoms with Gasteiger partial charge in [0.05, 0.1) is 24.6 Å². The van der Waals surface area contributed by atoms with Crippen molar-refractivity contribution in [2.24, 2.45) is 0 Å². The maximum Gasteiger partial charge on any atom is 0.241 e. The topological polar surface area (TPSA) is 59.4 Å². The average molecular weight is 393 g/mol. The summed E-state index contributed by atoms with van der Waals surface area (Å²) in [6.45, 7) is 3.93. The third kappa shape index (κ3) is 5.93. The smallest absolute Gasteiger partial charge is 0.241 e. The molecule has 1 N–H and O–H groups in total. The van der Waals surface area contributed by atoms with Gasteiger partial charge in [0.2, 0.25) is 5.91 Å². The Hall–Kier alpha value is -3.12. The Morgan fingerprint density at radius 3 is 2.66 bits per heavy atom. The normalized spacial score (nSPS) is 12.0. The molecule has 1 heterocycles. The molecule has 1 atom stereocenters. The van der Waals surface area contributed by atoms with Crippen molar-refractivity contribution in [2.45, 2.75) is 32.5 Å². The second kappa shape index (κ2) is 10.4. The van der Waals surface area contributed by atoms with Gasteiger partial charge in [0, 0.05) is 18.9 Å². The molecule has 1 unspecified atom stereocenters. The standard InChI is InChI=1S/C23H28N4O2/c1-3-21(26(2)17-19-9-5-4-6-10-19)23(28)25-20-11-7-8-12-22(20)29-16-15-27-14-13-24-18-27/h4-14,18,21H,3,15-17H2,1-2H3,(H,25,28). The third-order valence-electron chi connectivity index (χ3n) is 4.81. The lowest BCUT2D eigenvalue weighted by Crippen LogP contribution is -2.41. The number of carbonyl (C=O) groups excluding carboxylic acids is 1. The van der Waals surface area contributed by atoms with Gasteiger partial charge in [0.15, 0.2) is 0 Å². The number of anilines is 1. The summed E-state index contributed by atoms with van der Waals surface area (Å²) in [6.07, 6.45) is 6.11. The van der Waals surface area contributed by atoms with E-state index in [1.807, 2.05) is 67.2 Å². The zero-order valence-corrected chi connectivity index (χ0v) is 17.0. The van der Waals surface area contributed by atoms with Crippen molar-refractivity contribution >= 4 is 11.6 Å². The molecule has 2 aromatic carbocycles. The minimum atomic E-state index is -0.228. The lowest BCUT2D eigenvalue weighted by molar-refractivity contribution is -0.121. The number of ether oxygens (including phenoxy) is 1. The highest BCUT2D eigenvalue weighted by molar-refractivity contribution is 5.96. The molecule has 0 aliphatic carbocycles. The summed E-state index contributed by atoms with van der Waals surface area (Å²) in [5, 5.41) is 3.05. The first-order valence-corrected chi connectivity index (χ1v) is 9.90. The van der Waals surface area contributed by atoms with Gasteiger partial charge in [0.25, 0.3) is 0 Å². The SMILES string of the molecule is CCC(C(=O)Nc1ccccc1OCCn1ccnc1)N(C)Cc1ccccc1. The molecular formula is C23H28N4O2. The number of amides is 1. The van der Waals surface area contributed by atoms with Crippen molar-refractivity contribution in [1.82, 2.24) is 14.5 Å². The number of carbonyl (C=O) groups is 1. The average Bonchev–Trinajstić information content (AvgIpc) is 3.24. The van der Waals surface area contributed by atoms with Crippen LogP contribution in [0.25, 0.3) is 0 Å². The monoisotopic (exact) mass is 392 g/mol. The Labute approximate surface area is 172 Å². The number of para-hydroxylation sites is 2. The Morgan fingerprint density at radius 1 is 1.17 bits per heavy atom. The van der Waals surface area contributed by atoms with Crippen LogP contribution < -0.4 is 10.1 Å². The summed E-state index contributed by atoms with van der Waals surface area (Å²) in [5.41, 5.74) is 1.87. The van der Waals surface area contributed by atoms with E-state index < -0.39 is 0 Å². The van der Waals surface area contributed by atoms with Crippen molar-refractivity contribution in [3.63, 3.8) is 0 Å². The Kier molecular flexibility index (Phi) is 7.41. The molecule has 6 nitrogen and oxygen atoms in total. The molecule has 1 amide bonds. The molecule has 0 saturated heterocycles. The molecule has 0 saturated carbocycles. The minimum absolute atomic E-state index is 0.0309. The largest absolute Gasteiger partial charge is 0.490 e. The third-order valence-corrected chi connectivity index (χ3v) is 4.81. The van der Waals surface area contributed by atoms with Crippen molar-refractivity contribution in [3.05, 3.63) is 78.9 Å². The van der Waals surface area contributed by atoms with Gasteiger partial charge in [-0.05, 0) is 31.2 Å². The van der Waals surface area contributed by atoms with Crippen LogP contribution in [0.2, 0.25) is 0 Å². The fourth-order valence-electron chi connectivity index (χ4n) is 3.27. The summed E-state index contributed by atoms with van der Waals surface area (Å²) in [6, 6.07) is 17.5. The summed E-state index contributed by atoms with van der Waals surface area (Å²) < 4.78 is 7.86. The number of nitrogens with zero attached hydrogens (tertiary/aromatic N) is 3. The van der Waals surface area contributed by atoms with Crippen LogP contribution in [0.15, 0.2) is 73.3 Å². The molecule has 0 aliphatic rings. The fourth-order valence-corrected chi connectivity index (χ4v) is 3.27. The van der Waals surface area contributed by atoms with Crippen LogP contribution in [-0.2, 0) is 17.9 Å². The maximum atomic E-state index is 13.0. The van der Waals surface area contributed by atoms with Crippen LogP contribution in [0.3, 0.4) is 0 Å². The van der Waals surface area contributed by atoms with E-state index in [1.165, 1.54) is 5.56 Å².